The van der Waals surface area contributed by atoms with Crippen molar-refractivity contribution in [3.63, 3.8) is 0 Å². The number of aromatic nitrogens is 3. The highest BCUT2D eigenvalue weighted by Crippen LogP contribution is 2.30. The second-order valence-corrected chi connectivity index (χ2v) is 8.57. The van der Waals surface area contributed by atoms with Crippen LogP contribution in [0, 0.1) is 0 Å². The second kappa shape index (κ2) is 6.97. The summed E-state index contributed by atoms with van der Waals surface area (Å²) in [4.78, 5) is 18.3. The van der Waals surface area contributed by atoms with Gasteiger partial charge in [0, 0.05) is 22.9 Å². The van der Waals surface area contributed by atoms with Crippen LogP contribution in [0.3, 0.4) is 0 Å². The molecule has 1 aromatic carbocycles. The first-order chi connectivity index (χ1) is 12.9. The smallest absolute Gasteiger partial charge is 0.254 e. The Morgan fingerprint density at radius 1 is 1.07 bits per heavy atom. The molecule has 1 N–H and O–H groups in total. The van der Waals surface area contributed by atoms with Crippen molar-refractivity contribution in [2.45, 2.75) is 52.0 Å². The van der Waals surface area contributed by atoms with Crippen LogP contribution >= 0.6 is 0 Å². The molecule has 0 radical (unpaired) electrons. The summed E-state index contributed by atoms with van der Waals surface area (Å²) >= 11 is 0. The Morgan fingerprint density at radius 3 is 2.44 bits per heavy atom. The van der Waals surface area contributed by atoms with Crippen LogP contribution in [-0.2, 0) is 12.0 Å². The van der Waals surface area contributed by atoms with Crippen molar-refractivity contribution in [1.82, 2.24) is 19.7 Å². The lowest BCUT2D eigenvalue weighted by molar-refractivity contribution is 0.220. The number of hydrogen-bond donors (Lipinski definition) is 1. The van der Waals surface area contributed by atoms with Gasteiger partial charge in [-0.25, -0.2) is 4.68 Å². The van der Waals surface area contributed by atoms with Gasteiger partial charge in [0.1, 0.15) is 5.65 Å². The van der Waals surface area contributed by atoms with Crippen molar-refractivity contribution in [3.05, 3.63) is 58.0 Å². The Kier molecular flexibility index (Phi) is 4.64. The standard InChI is InChI=1S/C22H28N4O/c1-22(2,3)19-18-14-16(15-25-12-8-5-9-13-25)21(27)23-20(18)26(24-19)17-10-6-4-7-11-17/h4,6-7,10-11,14H,5,8-9,12-13,15H2,1-3H3,(H,23,27). The van der Waals surface area contributed by atoms with E-state index in [0.29, 0.717) is 6.54 Å². The summed E-state index contributed by atoms with van der Waals surface area (Å²) < 4.78 is 1.86. The zero-order valence-electron chi connectivity index (χ0n) is 16.5. The summed E-state index contributed by atoms with van der Waals surface area (Å²) in [5.41, 5.74) is 3.46. The molecule has 0 unspecified atom stereocenters. The van der Waals surface area contributed by atoms with Crippen molar-refractivity contribution in [3.8, 4) is 5.69 Å². The first-order valence-electron chi connectivity index (χ1n) is 9.87. The molecule has 0 saturated carbocycles. The molecule has 3 aromatic rings. The number of nitrogens with zero attached hydrogens (tertiary/aromatic N) is 3. The molecule has 5 heteroatoms. The molecule has 0 bridgehead atoms. The van der Waals surface area contributed by atoms with Crippen LogP contribution in [0.4, 0.5) is 0 Å². The number of likely N-dealkylation sites (tertiary alicyclic amines) is 1. The minimum absolute atomic E-state index is 0.00869. The van der Waals surface area contributed by atoms with Crippen LogP contribution in [0.15, 0.2) is 41.2 Å². The molecule has 2 aromatic heterocycles. The number of nitrogens with one attached hydrogen (secondary N) is 1. The van der Waals surface area contributed by atoms with Crippen LogP contribution in [0.2, 0.25) is 0 Å². The van der Waals surface area contributed by atoms with Gasteiger partial charge in [-0.05, 0) is 44.1 Å². The van der Waals surface area contributed by atoms with Crippen LogP contribution in [0.5, 0.6) is 0 Å². The molecular formula is C22H28N4O. The lowest BCUT2D eigenvalue weighted by Crippen LogP contribution is -2.31. The van der Waals surface area contributed by atoms with Gasteiger partial charge < -0.3 is 4.98 Å². The van der Waals surface area contributed by atoms with Crippen molar-refractivity contribution in [1.29, 1.82) is 0 Å². The Hall–Kier alpha value is -2.40. The molecule has 3 heterocycles. The SMILES string of the molecule is CC(C)(C)c1nn(-c2ccccc2)c2[nH]c(=O)c(CN3CCCCC3)cc12. The summed E-state index contributed by atoms with van der Waals surface area (Å²) in [6.07, 6.45) is 3.74. The van der Waals surface area contributed by atoms with E-state index < -0.39 is 0 Å². The minimum atomic E-state index is -0.112. The topological polar surface area (TPSA) is 53.9 Å². The maximum absolute atomic E-state index is 12.8. The number of pyridine rings is 1. The average molecular weight is 364 g/mol. The van der Waals surface area contributed by atoms with E-state index in [2.05, 4.69) is 36.7 Å². The fourth-order valence-corrected chi connectivity index (χ4v) is 3.90. The lowest BCUT2D eigenvalue weighted by Gasteiger charge is -2.26. The quantitative estimate of drug-likeness (QED) is 0.764. The predicted octanol–water partition coefficient (Wildman–Crippen LogP) is 4.00. The second-order valence-electron chi connectivity index (χ2n) is 8.57. The van der Waals surface area contributed by atoms with E-state index in [1.165, 1.54) is 19.3 Å². The maximum Gasteiger partial charge on any atom is 0.254 e. The third-order valence-electron chi connectivity index (χ3n) is 5.32. The van der Waals surface area contributed by atoms with Gasteiger partial charge in [-0.3, -0.25) is 9.69 Å². The van der Waals surface area contributed by atoms with E-state index in [9.17, 15) is 4.79 Å². The van der Waals surface area contributed by atoms with Gasteiger partial charge >= 0.3 is 0 Å². The molecule has 142 valence electrons. The molecule has 1 aliphatic rings. The summed E-state index contributed by atoms with van der Waals surface area (Å²) in [5, 5.41) is 5.93. The van der Waals surface area contributed by atoms with E-state index in [0.717, 1.165) is 41.1 Å². The van der Waals surface area contributed by atoms with Gasteiger partial charge in [-0.1, -0.05) is 45.4 Å². The highest BCUT2D eigenvalue weighted by atomic mass is 16.1. The average Bonchev–Trinajstić information content (AvgIpc) is 3.02. The maximum atomic E-state index is 12.8. The lowest BCUT2D eigenvalue weighted by atomic mass is 9.90. The van der Waals surface area contributed by atoms with Gasteiger partial charge in [-0.2, -0.15) is 5.10 Å². The van der Waals surface area contributed by atoms with E-state index in [-0.39, 0.29) is 11.0 Å². The molecule has 5 nitrogen and oxygen atoms in total. The van der Waals surface area contributed by atoms with Crippen molar-refractivity contribution >= 4 is 11.0 Å². The van der Waals surface area contributed by atoms with Crippen molar-refractivity contribution in [2.24, 2.45) is 0 Å². The van der Waals surface area contributed by atoms with E-state index >= 15 is 0 Å². The zero-order chi connectivity index (χ0) is 19.0. The molecule has 1 fully saturated rings. The monoisotopic (exact) mass is 364 g/mol. The van der Waals surface area contributed by atoms with Crippen LogP contribution < -0.4 is 5.56 Å². The number of H-pyrrole nitrogens is 1. The summed E-state index contributed by atoms with van der Waals surface area (Å²) in [6.45, 7) is 9.36. The van der Waals surface area contributed by atoms with E-state index in [4.69, 9.17) is 5.10 Å². The predicted molar refractivity (Wildman–Crippen MR) is 110 cm³/mol. The van der Waals surface area contributed by atoms with Gasteiger partial charge in [0.05, 0.1) is 11.4 Å². The third-order valence-corrected chi connectivity index (χ3v) is 5.32. The summed E-state index contributed by atoms with van der Waals surface area (Å²) in [6, 6.07) is 12.1. The van der Waals surface area contributed by atoms with E-state index in [1.807, 2.05) is 35.0 Å². The number of piperidine rings is 1. The fourth-order valence-electron chi connectivity index (χ4n) is 3.90. The van der Waals surface area contributed by atoms with Crippen molar-refractivity contribution in [2.75, 3.05) is 13.1 Å². The Balaban J connectivity index is 1.85. The molecule has 0 atom stereocenters. The Labute approximate surface area is 160 Å². The molecule has 4 rings (SSSR count). The number of benzene rings is 1. The van der Waals surface area contributed by atoms with Gasteiger partial charge in [0.2, 0.25) is 0 Å². The zero-order valence-corrected chi connectivity index (χ0v) is 16.5. The molecule has 0 spiro atoms. The molecule has 0 aliphatic carbocycles. The Morgan fingerprint density at radius 2 is 1.78 bits per heavy atom. The normalized spacial score (nSPS) is 16.1. The number of rotatable bonds is 3. The molecular weight excluding hydrogens is 336 g/mol. The Bertz CT molecular complexity index is 989. The highest BCUT2D eigenvalue weighted by molar-refractivity contribution is 5.81. The minimum Gasteiger partial charge on any atom is -0.306 e. The van der Waals surface area contributed by atoms with Crippen LogP contribution in [0.25, 0.3) is 16.7 Å². The van der Waals surface area contributed by atoms with Gasteiger partial charge in [0.25, 0.3) is 5.56 Å². The molecule has 1 aliphatic heterocycles. The number of para-hydroxylation sites is 1. The van der Waals surface area contributed by atoms with E-state index in [1.54, 1.807) is 0 Å². The highest BCUT2D eigenvalue weighted by Gasteiger charge is 2.25. The number of hydrogen-bond acceptors (Lipinski definition) is 3. The molecule has 1 saturated heterocycles. The number of fused-ring (bicyclic) bond motifs is 1. The van der Waals surface area contributed by atoms with Crippen molar-refractivity contribution < 1.29 is 0 Å². The fraction of sp³-hybridized carbons (Fsp3) is 0.455. The largest absolute Gasteiger partial charge is 0.306 e. The first-order valence-corrected chi connectivity index (χ1v) is 9.87. The summed E-state index contributed by atoms with van der Waals surface area (Å²) in [7, 11) is 0. The summed E-state index contributed by atoms with van der Waals surface area (Å²) in [5.74, 6) is 0. The van der Waals surface area contributed by atoms with Gasteiger partial charge in [-0.15, -0.1) is 0 Å². The third kappa shape index (κ3) is 3.56. The molecule has 27 heavy (non-hydrogen) atoms. The van der Waals surface area contributed by atoms with Gasteiger partial charge in [0.15, 0.2) is 0 Å². The van der Waals surface area contributed by atoms with Crippen LogP contribution in [-0.4, -0.2) is 32.8 Å². The first kappa shape index (κ1) is 18.0. The number of aromatic amines is 1. The molecule has 0 amide bonds. The van der Waals surface area contributed by atoms with Crippen LogP contribution in [0.1, 0.15) is 51.3 Å².